The van der Waals surface area contributed by atoms with E-state index in [4.69, 9.17) is 0 Å². The smallest absolute Gasteiger partial charge is 0.0637 e. The molecule has 1 heterocycles. The zero-order valence-electron chi connectivity index (χ0n) is 5.90. The van der Waals surface area contributed by atoms with Gasteiger partial charge < -0.3 is 0 Å². The maximum absolute atomic E-state index is 2.29. The summed E-state index contributed by atoms with van der Waals surface area (Å²) in [5.74, 6) is 0. The first-order valence-electron chi connectivity index (χ1n) is 2.94. The molecule has 2 heteroatoms. The summed E-state index contributed by atoms with van der Waals surface area (Å²) in [6.07, 6.45) is 2.14. The summed E-state index contributed by atoms with van der Waals surface area (Å²) < 4.78 is 2.13. The van der Waals surface area contributed by atoms with E-state index in [-0.39, 0.29) is 0 Å². The van der Waals surface area contributed by atoms with Gasteiger partial charge >= 0.3 is 0 Å². The molecule has 1 nitrogen and oxygen atoms in total. The molecule has 0 bridgehead atoms. The fourth-order valence-electron chi connectivity index (χ4n) is 0.809. The van der Waals surface area contributed by atoms with Gasteiger partial charge in [0.25, 0.3) is 0 Å². The van der Waals surface area contributed by atoms with Gasteiger partial charge in [0, 0.05) is 11.9 Å². The normalized spacial score (nSPS) is 10.2. The third kappa shape index (κ3) is 1.13. The fraction of sp³-hybridized carbons (Fsp3) is 0.429. The molecule has 1 rings (SSSR count). The lowest BCUT2D eigenvalue weighted by Crippen LogP contribution is -1.79. The van der Waals surface area contributed by atoms with Gasteiger partial charge in [0.2, 0.25) is 0 Å². The van der Waals surface area contributed by atoms with Crippen LogP contribution in [-0.2, 0) is 0 Å². The van der Waals surface area contributed by atoms with Crippen LogP contribution in [0.1, 0.15) is 16.8 Å². The second-order valence-electron chi connectivity index (χ2n) is 2.33. The van der Waals surface area contributed by atoms with E-state index in [0.29, 0.717) is 0 Å². The number of hydrogen-bond donors (Lipinski definition) is 0. The van der Waals surface area contributed by atoms with Crippen molar-refractivity contribution in [3.05, 3.63) is 23.0 Å². The average molecular weight is 235 g/mol. The Hall–Kier alpha value is 0.01000. The molecule has 9 heavy (non-hydrogen) atoms. The van der Waals surface area contributed by atoms with Crippen molar-refractivity contribution in [3.8, 4) is 0 Å². The molecule has 0 aliphatic heterocycles. The van der Waals surface area contributed by atoms with Gasteiger partial charge in [-0.1, -0.05) is 0 Å². The van der Waals surface area contributed by atoms with Crippen LogP contribution < -0.4 is 0 Å². The van der Waals surface area contributed by atoms with Gasteiger partial charge in [0.1, 0.15) is 0 Å². The van der Waals surface area contributed by atoms with Crippen LogP contribution in [0, 0.1) is 20.8 Å². The topological polar surface area (TPSA) is 4.93 Å². The molecule has 1 aromatic heterocycles. The third-order valence-corrected chi connectivity index (χ3v) is 2.76. The summed E-state index contributed by atoms with van der Waals surface area (Å²) in [6, 6.07) is 0. The maximum Gasteiger partial charge on any atom is 0.0637 e. The lowest BCUT2D eigenvalue weighted by atomic mass is 10.2. The summed E-state index contributed by atoms with van der Waals surface area (Å²) in [7, 11) is 0. The van der Waals surface area contributed by atoms with Crippen LogP contribution in [0.25, 0.3) is 0 Å². The zero-order valence-corrected chi connectivity index (χ0v) is 8.06. The van der Waals surface area contributed by atoms with Crippen LogP contribution in [0.2, 0.25) is 0 Å². The van der Waals surface area contributed by atoms with Gasteiger partial charge in [0.15, 0.2) is 0 Å². The van der Waals surface area contributed by atoms with Crippen molar-refractivity contribution in [2.75, 3.05) is 0 Å². The van der Waals surface area contributed by atoms with Gasteiger partial charge in [-0.25, -0.2) is 0 Å². The quantitative estimate of drug-likeness (QED) is 0.609. The van der Waals surface area contributed by atoms with Gasteiger partial charge in [-0.15, -0.1) is 0 Å². The summed E-state index contributed by atoms with van der Waals surface area (Å²) in [6.45, 7) is 6.42. The highest BCUT2D eigenvalue weighted by Gasteiger charge is 2.00. The lowest BCUT2D eigenvalue weighted by molar-refractivity contribution is 1.20. The number of rotatable bonds is 0. The summed E-state index contributed by atoms with van der Waals surface area (Å²) in [5.41, 5.74) is 4.14. The number of aryl methyl sites for hydroxylation is 1. The Morgan fingerprint density at radius 2 is 1.89 bits per heavy atom. The second kappa shape index (κ2) is 2.33. The van der Waals surface area contributed by atoms with Gasteiger partial charge in [-0.3, -0.25) is 2.78 Å². The Bertz CT molecular complexity index is 203. The highest BCUT2D eigenvalue weighted by molar-refractivity contribution is 14.1. The van der Waals surface area contributed by atoms with Crippen LogP contribution in [0.15, 0.2) is 6.20 Å². The first kappa shape index (κ1) is 7.12. The standard InChI is InChI=1S/C7H10IN/c1-5-4-9(8)7(3)6(5)2/h4H,1-3H3. The largest absolute Gasteiger partial charge is 0.294 e. The molecule has 0 unspecified atom stereocenters. The average Bonchev–Trinajstić information content (AvgIpc) is 1.98. The van der Waals surface area contributed by atoms with Crippen LogP contribution in [-0.4, -0.2) is 2.78 Å². The van der Waals surface area contributed by atoms with E-state index in [2.05, 4.69) is 52.6 Å². The van der Waals surface area contributed by atoms with Crippen LogP contribution in [0.3, 0.4) is 0 Å². The number of hydrogen-bond acceptors (Lipinski definition) is 0. The number of aromatic nitrogens is 1. The molecule has 0 aliphatic rings. The molecule has 0 aromatic carbocycles. The molecule has 0 N–H and O–H groups in total. The minimum absolute atomic E-state index is 1.35. The van der Waals surface area contributed by atoms with E-state index in [1.54, 1.807) is 0 Å². The Balaban J connectivity index is 3.29. The van der Waals surface area contributed by atoms with Gasteiger partial charge in [-0.2, -0.15) is 0 Å². The SMILES string of the molecule is Cc1cn(I)c(C)c1C. The number of halogens is 1. The predicted octanol–water partition coefficient (Wildman–Crippen LogP) is 2.61. The fourth-order valence-corrected chi connectivity index (χ4v) is 1.59. The monoisotopic (exact) mass is 235 g/mol. The molecule has 50 valence electrons. The molecule has 0 aliphatic carbocycles. The van der Waals surface area contributed by atoms with Crippen LogP contribution >= 0.6 is 22.9 Å². The van der Waals surface area contributed by atoms with Crippen LogP contribution in [0.5, 0.6) is 0 Å². The van der Waals surface area contributed by atoms with Crippen molar-refractivity contribution >= 4 is 22.9 Å². The molecular weight excluding hydrogens is 225 g/mol. The van der Waals surface area contributed by atoms with E-state index in [1.165, 1.54) is 16.8 Å². The molecule has 0 spiro atoms. The molecule has 0 atom stereocenters. The minimum Gasteiger partial charge on any atom is -0.294 e. The second-order valence-corrected chi connectivity index (χ2v) is 3.37. The minimum atomic E-state index is 1.35. The molecule has 0 amide bonds. The third-order valence-electron chi connectivity index (χ3n) is 1.76. The Morgan fingerprint density at radius 3 is 2.00 bits per heavy atom. The molecular formula is C7H10IN. The maximum atomic E-state index is 2.29. The molecule has 0 radical (unpaired) electrons. The van der Waals surface area contributed by atoms with Crippen LogP contribution in [0.4, 0.5) is 0 Å². The van der Waals surface area contributed by atoms with Crippen molar-refractivity contribution in [2.24, 2.45) is 0 Å². The van der Waals surface area contributed by atoms with Crippen molar-refractivity contribution in [3.63, 3.8) is 0 Å². The van der Waals surface area contributed by atoms with Crippen molar-refractivity contribution < 1.29 is 0 Å². The Labute approximate surface area is 69.6 Å². The van der Waals surface area contributed by atoms with Crippen molar-refractivity contribution in [2.45, 2.75) is 20.8 Å². The Kier molecular flexibility index (Phi) is 1.84. The highest BCUT2D eigenvalue weighted by Crippen LogP contribution is 2.16. The summed E-state index contributed by atoms with van der Waals surface area (Å²) >= 11 is 2.29. The first-order chi connectivity index (χ1) is 4.13. The molecule has 0 fully saturated rings. The molecule has 0 saturated heterocycles. The highest BCUT2D eigenvalue weighted by atomic mass is 127. The Morgan fingerprint density at radius 1 is 1.33 bits per heavy atom. The van der Waals surface area contributed by atoms with E-state index < -0.39 is 0 Å². The zero-order chi connectivity index (χ0) is 7.02. The van der Waals surface area contributed by atoms with E-state index in [1.807, 2.05) is 0 Å². The molecule has 1 aromatic rings. The molecule has 0 saturated carbocycles. The lowest BCUT2D eigenvalue weighted by Gasteiger charge is -1.91. The van der Waals surface area contributed by atoms with E-state index in [0.717, 1.165) is 0 Å². The van der Waals surface area contributed by atoms with Crippen molar-refractivity contribution in [1.29, 1.82) is 0 Å². The van der Waals surface area contributed by atoms with E-state index >= 15 is 0 Å². The van der Waals surface area contributed by atoms with Gasteiger partial charge in [0.05, 0.1) is 22.9 Å². The van der Waals surface area contributed by atoms with Gasteiger partial charge in [-0.05, 0) is 31.9 Å². The summed E-state index contributed by atoms with van der Waals surface area (Å²) in [4.78, 5) is 0. The number of nitrogens with zero attached hydrogens (tertiary/aromatic N) is 1. The first-order valence-corrected chi connectivity index (χ1v) is 3.90. The van der Waals surface area contributed by atoms with E-state index in [9.17, 15) is 0 Å². The summed E-state index contributed by atoms with van der Waals surface area (Å²) in [5, 5.41) is 0. The predicted molar refractivity (Wildman–Crippen MR) is 48.1 cm³/mol. The van der Waals surface area contributed by atoms with Crippen molar-refractivity contribution in [1.82, 2.24) is 2.78 Å².